The minimum atomic E-state index is -0.461. The van der Waals surface area contributed by atoms with Crippen molar-refractivity contribution < 1.29 is 4.92 Å². The third-order valence-electron chi connectivity index (χ3n) is 2.83. The molecule has 0 aliphatic carbocycles. The number of aromatic nitrogens is 2. The highest BCUT2D eigenvalue weighted by Crippen LogP contribution is 2.30. The van der Waals surface area contributed by atoms with Gasteiger partial charge in [-0.3, -0.25) is 10.1 Å². The molecule has 0 atom stereocenters. The summed E-state index contributed by atoms with van der Waals surface area (Å²) in [5.74, 6) is 0. The van der Waals surface area contributed by atoms with E-state index >= 15 is 0 Å². The Bertz CT molecular complexity index is 643. The monoisotopic (exact) mass is 357 g/mol. The molecule has 7 heteroatoms. The second kappa shape index (κ2) is 6.37. The third kappa shape index (κ3) is 3.19. The summed E-state index contributed by atoms with van der Waals surface area (Å²) in [7, 11) is 0. The van der Waals surface area contributed by atoms with Gasteiger partial charge < -0.3 is 0 Å². The molecule has 0 amide bonds. The quantitative estimate of drug-likeness (QED) is 0.594. The molecular weight excluding hydrogens is 346 g/mol. The molecule has 0 saturated carbocycles. The van der Waals surface area contributed by atoms with Crippen LogP contribution >= 0.6 is 27.5 Å². The van der Waals surface area contributed by atoms with Gasteiger partial charge in [-0.05, 0) is 24.1 Å². The third-order valence-corrected chi connectivity index (χ3v) is 3.69. The lowest BCUT2D eigenvalue weighted by Crippen LogP contribution is -2.02. The van der Waals surface area contributed by atoms with Crippen molar-refractivity contribution in [2.75, 3.05) is 0 Å². The van der Waals surface area contributed by atoms with Gasteiger partial charge >= 0.3 is 5.69 Å². The molecule has 0 radical (unpaired) electrons. The molecule has 0 aliphatic heterocycles. The van der Waals surface area contributed by atoms with Crippen LogP contribution in [-0.4, -0.2) is 14.7 Å². The Balaban J connectivity index is 2.37. The van der Waals surface area contributed by atoms with Gasteiger partial charge in [0.25, 0.3) is 0 Å². The van der Waals surface area contributed by atoms with Gasteiger partial charge in [-0.1, -0.05) is 53.0 Å². The van der Waals surface area contributed by atoms with Gasteiger partial charge in [-0.25, -0.2) is 4.68 Å². The molecule has 1 aromatic carbocycles. The molecule has 0 fully saturated rings. The lowest BCUT2D eigenvalue weighted by molar-refractivity contribution is -0.385. The molecular formula is C13H13BrClN3O2. The van der Waals surface area contributed by atoms with Crippen molar-refractivity contribution in [1.29, 1.82) is 0 Å². The fourth-order valence-electron chi connectivity index (χ4n) is 1.98. The molecule has 0 N–H and O–H groups in total. The normalized spacial score (nSPS) is 10.8. The van der Waals surface area contributed by atoms with E-state index in [-0.39, 0.29) is 10.8 Å². The van der Waals surface area contributed by atoms with Crippen LogP contribution in [0.3, 0.4) is 0 Å². The van der Waals surface area contributed by atoms with Crippen molar-refractivity contribution in [3.8, 4) is 0 Å². The molecule has 0 bridgehead atoms. The SMILES string of the molecule is CCCc1nn(Cc2cccc(Br)c2)c(Cl)c1[N+](=O)[O-]. The summed E-state index contributed by atoms with van der Waals surface area (Å²) in [4.78, 5) is 10.6. The van der Waals surface area contributed by atoms with Gasteiger partial charge in [0.1, 0.15) is 5.69 Å². The Hall–Kier alpha value is -1.40. The van der Waals surface area contributed by atoms with Crippen molar-refractivity contribution in [2.45, 2.75) is 26.3 Å². The van der Waals surface area contributed by atoms with Crippen LogP contribution in [0.1, 0.15) is 24.6 Å². The van der Waals surface area contributed by atoms with Gasteiger partial charge in [0.2, 0.25) is 5.15 Å². The first-order chi connectivity index (χ1) is 9.52. The fraction of sp³-hybridized carbons (Fsp3) is 0.308. The van der Waals surface area contributed by atoms with Gasteiger partial charge in [-0.15, -0.1) is 0 Å². The molecule has 0 aliphatic rings. The summed E-state index contributed by atoms with van der Waals surface area (Å²) >= 11 is 9.49. The summed E-state index contributed by atoms with van der Waals surface area (Å²) in [6.45, 7) is 2.35. The minimum absolute atomic E-state index is 0.0801. The van der Waals surface area contributed by atoms with Gasteiger partial charge in [0.05, 0.1) is 11.5 Å². The van der Waals surface area contributed by atoms with E-state index in [9.17, 15) is 10.1 Å². The number of nitrogens with zero attached hydrogens (tertiary/aromatic N) is 3. The van der Waals surface area contributed by atoms with E-state index < -0.39 is 4.92 Å². The fourth-order valence-corrected chi connectivity index (χ4v) is 2.70. The molecule has 0 saturated heterocycles. The van der Waals surface area contributed by atoms with E-state index in [0.717, 1.165) is 16.5 Å². The van der Waals surface area contributed by atoms with Crippen LogP contribution in [0.15, 0.2) is 28.7 Å². The highest BCUT2D eigenvalue weighted by atomic mass is 79.9. The Morgan fingerprint density at radius 2 is 2.25 bits per heavy atom. The van der Waals surface area contributed by atoms with Crippen LogP contribution in [0.5, 0.6) is 0 Å². The second-order valence-electron chi connectivity index (χ2n) is 4.38. The van der Waals surface area contributed by atoms with E-state index in [1.165, 1.54) is 4.68 Å². The largest absolute Gasteiger partial charge is 0.329 e. The molecule has 20 heavy (non-hydrogen) atoms. The van der Waals surface area contributed by atoms with Crippen LogP contribution in [0.2, 0.25) is 5.15 Å². The number of halogens is 2. The standard InChI is InChI=1S/C13H13BrClN3O2/c1-2-4-11-12(18(19)20)13(15)17(16-11)8-9-5-3-6-10(14)7-9/h3,5-7H,2,4,8H2,1H3. The average Bonchev–Trinajstić information content (AvgIpc) is 2.66. The van der Waals surface area contributed by atoms with Crippen LogP contribution < -0.4 is 0 Å². The summed E-state index contributed by atoms with van der Waals surface area (Å²) < 4.78 is 2.42. The second-order valence-corrected chi connectivity index (χ2v) is 5.65. The zero-order chi connectivity index (χ0) is 14.7. The zero-order valence-electron chi connectivity index (χ0n) is 10.8. The first-order valence-electron chi connectivity index (χ1n) is 6.17. The topological polar surface area (TPSA) is 61.0 Å². The molecule has 5 nitrogen and oxygen atoms in total. The van der Waals surface area contributed by atoms with Crippen molar-refractivity contribution in [3.05, 3.63) is 55.3 Å². The van der Waals surface area contributed by atoms with Crippen molar-refractivity contribution in [1.82, 2.24) is 9.78 Å². The van der Waals surface area contributed by atoms with Crippen LogP contribution in [0, 0.1) is 10.1 Å². The predicted octanol–water partition coefficient (Wildman–Crippen LogP) is 4.21. The van der Waals surface area contributed by atoms with E-state index in [2.05, 4.69) is 21.0 Å². The lowest BCUT2D eigenvalue weighted by Gasteiger charge is -2.03. The average molecular weight is 359 g/mol. The van der Waals surface area contributed by atoms with Crippen LogP contribution in [0.4, 0.5) is 5.69 Å². The summed E-state index contributed by atoms with van der Waals surface area (Å²) in [6, 6.07) is 7.68. The zero-order valence-corrected chi connectivity index (χ0v) is 13.2. The maximum atomic E-state index is 11.1. The molecule has 2 aromatic rings. The maximum absolute atomic E-state index is 11.1. The molecule has 1 aromatic heterocycles. The van der Waals surface area contributed by atoms with E-state index in [0.29, 0.717) is 18.7 Å². The first-order valence-corrected chi connectivity index (χ1v) is 7.34. The van der Waals surface area contributed by atoms with Crippen molar-refractivity contribution >= 4 is 33.2 Å². The van der Waals surface area contributed by atoms with E-state index in [1.807, 2.05) is 31.2 Å². The van der Waals surface area contributed by atoms with Crippen molar-refractivity contribution in [3.63, 3.8) is 0 Å². The van der Waals surface area contributed by atoms with Gasteiger partial charge in [0.15, 0.2) is 0 Å². The summed E-state index contributed by atoms with van der Waals surface area (Å²) in [6.07, 6.45) is 1.33. The Kier molecular flexibility index (Phi) is 4.77. The highest BCUT2D eigenvalue weighted by Gasteiger charge is 2.25. The molecule has 0 unspecified atom stereocenters. The minimum Gasteiger partial charge on any atom is -0.258 e. The number of hydrogen-bond acceptors (Lipinski definition) is 3. The number of rotatable bonds is 5. The maximum Gasteiger partial charge on any atom is 0.329 e. The molecule has 1 heterocycles. The smallest absolute Gasteiger partial charge is 0.258 e. The Morgan fingerprint density at radius 3 is 2.85 bits per heavy atom. The predicted molar refractivity (Wildman–Crippen MR) is 81.1 cm³/mol. The Morgan fingerprint density at radius 1 is 1.50 bits per heavy atom. The van der Waals surface area contributed by atoms with Crippen molar-refractivity contribution in [2.24, 2.45) is 0 Å². The first kappa shape index (κ1) is 15.0. The van der Waals surface area contributed by atoms with Crippen LogP contribution in [0.25, 0.3) is 0 Å². The number of hydrogen-bond donors (Lipinski definition) is 0. The number of nitro groups is 1. The number of aryl methyl sites for hydroxylation is 1. The van der Waals surface area contributed by atoms with E-state index in [4.69, 9.17) is 11.6 Å². The summed E-state index contributed by atoms with van der Waals surface area (Å²) in [5.41, 5.74) is 1.34. The Labute approximate surface area is 129 Å². The lowest BCUT2D eigenvalue weighted by atomic mass is 10.2. The molecule has 0 spiro atoms. The van der Waals surface area contributed by atoms with Gasteiger partial charge in [0, 0.05) is 4.47 Å². The van der Waals surface area contributed by atoms with Gasteiger partial charge in [-0.2, -0.15) is 5.10 Å². The molecule has 106 valence electrons. The van der Waals surface area contributed by atoms with E-state index in [1.54, 1.807) is 0 Å². The molecule has 2 rings (SSSR count). The number of benzene rings is 1. The van der Waals surface area contributed by atoms with Crippen LogP contribution in [-0.2, 0) is 13.0 Å². The highest BCUT2D eigenvalue weighted by molar-refractivity contribution is 9.10. The summed E-state index contributed by atoms with van der Waals surface area (Å²) in [5, 5.41) is 15.5.